The summed E-state index contributed by atoms with van der Waals surface area (Å²) >= 11 is 0. The Kier molecular flexibility index (Phi) is 5.19. The standard InChI is InChI=1S/C15H15FN2O2S/c16-12-4-2-6-14(8-12)21(20)10-15(19)18-13-5-1-3-11(7-13)9-17/h1-8H,9-10,17H2,(H,18,19). The van der Waals surface area contributed by atoms with Gasteiger partial charge in [-0.1, -0.05) is 18.2 Å². The molecule has 0 saturated heterocycles. The van der Waals surface area contributed by atoms with E-state index in [0.29, 0.717) is 17.1 Å². The van der Waals surface area contributed by atoms with Crippen LogP contribution in [0.4, 0.5) is 10.1 Å². The largest absolute Gasteiger partial charge is 0.326 e. The first-order valence-corrected chi connectivity index (χ1v) is 7.63. The third-order valence-electron chi connectivity index (χ3n) is 2.77. The van der Waals surface area contributed by atoms with Gasteiger partial charge in [0, 0.05) is 17.1 Å². The van der Waals surface area contributed by atoms with Gasteiger partial charge in [0.2, 0.25) is 5.91 Å². The highest BCUT2D eigenvalue weighted by atomic mass is 32.2. The van der Waals surface area contributed by atoms with Crippen molar-refractivity contribution in [3.05, 3.63) is 59.9 Å². The first kappa shape index (κ1) is 15.3. The predicted molar refractivity (Wildman–Crippen MR) is 80.6 cm³/mol. The molecule has 1 unspecified atom stereocenters. The number of benzene rings is 2. The van der Waals surface area contributed by atoms with Crippen molar-refractivity contribution in [2.45, 2.75) is 11.4 Å². The average Bonchev–Trinajstić information content (AvgIpc) is 2.47. The number of hydrogen-bond donors (Lipinski definition) is 2. The third kappa shape index (κ3) is 4.47. The van der Waals surface area contributed by atoms with E-state index < -0.39 is 22.5 Å². The summed E-state index contributed by atoms with van der Waals surface area (Å²) in [7, 11) is -1.58. The Labute approximate surface area is 124 Å². The van der Waals surface area contributed by atoms with Gasteiger partial charge in [0.15, 0.2) is 0 Å². The Morgan fingerprint density at radius 1 is 1.19 bits per heavy atom. The van der Waals surface area contributed by atoms with Crippen molar-refractivity contribution < 1.29 is 13.4 Å². The minimum absolute atomic E-state index is 0.226. The summed E-state index contributed by atoms with van der Waals surface area (Å²) in [5.74, 6) is -1.10. The molecule has 2 aromatic rings. The van der Waals surface area contributed by atoms with Gasteiger partial charge in [0.25, 0.3) is 0 Å². The molecule has 0 heterocycles. The van der Waals surface area contributed by atoms with Crippen LogP contribution in [-0.4, -0.2) is 15.9 Å². The Morgan fingerprint density at radius 3 is 2.67 bits per heavy atom. The van der Waals surface area contributed by atoms with Gasteiger partial charge in [0.05, 0.1) is 10.8 Å². The van der Waals surface area contributed by atoms with Crippen molar-refractivity contribution in [3.8, 4) is 0 Å². The summed E-state index contributed by atoms with van der Waals surface area (Å²) in [5, 5.41) is 2.65. The summed E-state index contributed by atoms with van der Waals surface area (Å²) in [5.41, 5.74) is 7.01. The molecule has 0 bridgehead atoms. The normalized spacial score (nSPS) is 11.9. The summed E-state index contributed by atoms with van der Waals surface area (Å²) in [6, 6.07) is 12.5. The van der Waals surface area contributed by atoms with Crippen LogP contribution in [0.1, 0.15) is 5.56 Å². The maximum Gasteiger partial charge on any atom is 0.237 e. The molecule has 3 N–H and O–H groups in total. The van der Waals surface area contributed by atoms with Crippen molar-refractivity contribution in [3.63, 3.8) is 0 Å². The molecule has 110 valence electrons. The van der Waals surface area contributed by atoms with E-state index in [0.717, 1.165) is 5.56 Å². The van der Waals surface area contributed by atoms with Gasteiger partial charge in [-0.2, -0.15) is 0 Å². The number of nitrogens with two attached hydrogens (primary N) is 1. The second-order valence-corrected chi connectivity index (χ2v) is 5.85. The van der Waals surface area contributed by atoms with Crippen LogP contribution in [0.15, 0.2) is 53.4 Å². The monoisotopic (exact) mass is 306 g/mol. The van der Waals surface area contributed by atoms with E-state index in [1.54, 1.807) is 18.2 Å². The van der Waals surface area contributed by atoms with Crippen molar-refractivity contribution in [2.75, 3.05) is 11.1 Å². The third-order valence-corrected chi connectivity index (χ3v) is 4.07. The van der Waals surface area contributed by atoms with E-state index in [4.69, 9.17) is 5.73 Å². The molecule has 0 aliphatic carbocycles. The van der Waals surface area contributed by atoms with Crippen LogP contribution in [0.3, 0.4) is 0 Å². The van der Waals surface area contributed by atoms with Gasteiger partial charge in [-0.3, -0.25) is 9.00 Å². The van der Waals surface area contributed by atoms with Gasteiger partial charge in [-0.15, -0.1) is 0 Å². The second-order valence-electron chi connectivity index (χ2n) is 4.40. The molecule has 2 aromatic carbocycles. The lowest BCUT2D eigenvalue weighted by Gasteiger charge is -2.07. The topological polar surface area (TPSA) is 72.2 Å². The summed E-state index contributed by atoms with van der Waals surface area (Å²) in [6.45, 7) is 0.374. The molecule has 21 heavy (non-hydrogen) atoms. The van der Waals surface area contributed by atoms with E-state index in [2.05, 4.69) is 5.32 Å². The highest BCUT2D eigenvalue weighted by molar-refractivity contribution is 7.85. The van der Waals surface area contributed by atoms with Gasteiger partial charge < -0.3 is 11.1 Å². The molecular weight excluding hydrogens is 291 g/mol. The molecule has 0 aliphatic heterocycles. The zero-order chi connectivity index (χ0) is 15.2. The minimum Gasteiger partial charge on any atom is -0.326 e. The quantitative estimate of drug-likeness (QED) is 0.888. The van der Waals surface area contributed by atoms with Crippen LogP contribution in [0.5, 0.6) is 0 Å². The first-order chi connectivity index (χ1) is 10.1. The molecule has 4 nitrogen and oxygen atoms in total. The fraction of sp³-hybridized carbons (Fsp3) is 0.133. The predicted octanol–water partition coefficient (Wildman–Crippen LogP) is 2.03. The van der Waals surface area contributed by atoms with Crippen molar-refractivity contribution in [1.29, 1.82) is 0 Å². The molecule has 1 atom stereocenters. The van der Waals surface area contributed by atoms with Crippen molar-refractivity contribution >= 4 is 22.4 Å². The van der Waals surface area contributed by atoms with Crippen LogP contribution in [-0.2, 0) is 22.1 Å². The Morgan fingerprint density at radius 2 is 1.95 bits per heavy atom. The number of nitrogens with one attached hydrogen (secondary N) is 1. The molecule has 0 radical (unpaired) electrons. The van der Waals surface area contributed by atoms with Crippen LogP contribution in [0, 0.1) is 5.82 Å². The Balaban J connectivity index is 1.99. The van der Waals surface area contributed by atoms with Gasteiger partial charge in [-0.05, 0) is 35.9 Å². The van der Waals surface area contributed by atoms with E-state index >= 15 is 0 Å². The fourth-order valence-corrected chi connectivity index (χ4v) is 2.74. The second kappa shape index (κ2) is 7.10. The SMILES string of the molecule is NCc1cccc(NC(=O)CS(=O)c2cccc(F)c2)c1. The number of anilines is 1. The Hall–Kier alpha value is -2.05. The van der Waals surface area contributed by atoms with Crippen LogP contribution in [0.25, 0.3) is 0 Å². The maximum atomic E-state index is 13.0. The number of rotatable bonds is 5. The molecule has 0 aromatic heterocycles. The van der Waals surface area contributed by atoms with Gasteiger partial charge in [0.1, 0.15) is 11.6 Å². The molecule has 0 saturated carbocycles. The zero-order valence-electron chi connectivity index (χ0n) is 11.2. The van der Waals surface area contributed by atoms with E-state index in [-0.39, 0.29) is 5.75 Å². The van der Waals surface area contributed by atoms with Crippen LogP contribution < -0.4 is 11.1 Å². The smallest absolute Gasteiger partial charge is 0.237 e. The fourth-order valence-electron chi connectivity index (χ4n) is 1.78. The first-order valence-electron chi connectivity index (χ1n) is 6.31. The molecule has 2 rings (SSSR count). The summed E-state index contributed by atoms with van der Waals surface area (Å²) in [6.07, 6.45) is 0. The molecule has 1 amide bonds. The molecule has 0 aliphatic rings. The lowest BCUT2D eigenvalue weighted by molar-refractivity contribution is -0.113. The summed E-state index contributed by atoms with van der Waals surface area (Å²) in [4.78, 5) is 12.1. The molecule has 6 heteroatoms. The number of halogens is 1. The van der Waals surface area contributed by atoms with Gasteiger partial charge in [-0.25, -0.2) is 4.39 Å². The molecule has 0 fully saturated rings. The maximum absolute atomic E-state index is 13.0. The molecule has 0 spiro atoms. The lowest BCUT2D eigenvalue weighted by atomic mass is 10.2. The minimum atomic E-state index is -1.58. The van der Waals surface area contributed by atoms with E-state index in [9.17, 15) is 13.4 Å². The van der Waals surface area contributed by atoms with Crippen molar-refractivity contribution in [1.82, 2.24) is 0 Å². The Bertz CT molecular complexity index is 676. The summed E-state index contributed by atoms with van der Waals surface area (Å²) < 4.78 is 25.0. The number of amides is 1. The van der Waals surface area contributed by atoms with Crippen LogP contribution in [0.2, 0.25) is 0 Å². The van der Waals surface area contributed by atoms with Gasteiger partial charge >= 0.3 is 0 Å². The van der Waals surface area contributed by atoms with Crippen LogP contribution >= 0.6 is 0 Å². The molecular formula is C15H15FN2O2S. The zero-order valence-corrected chi connectivity index (χ0v) is 12.0. The van der Waals surface area contributed by atoms with E-state index in [1.165, 1.54) is 24.3 Å². The average molecular weight is 306 g/mol. The van der Waals surface area contributed by atoms with E-state index in [1.807, 2.05) is 6.07 Å². The highest BCUT2D eigenvalue weighted by Crippen LogP contribution is 2.12. The highest BCUT2D eigenvalue weighted by Gasteiger charge is 2.11. The number of hydrogen-bond acceptors (Lipinski definition) is 3. The number of carbonyl (C=O) groups is 1. The number of carbonyl (C=O) groups excluding carboxylic acids is 1. The lowest BCUT2D eigenvalue weighted by Crippen LogP contribution is -2.19. The van der Waals surface area contributed by atoms with Crippen molar-refractivity contribution in [2.24, 2.45) is 5.73 Å².